The van der Waals surface area contributed by atoms with Crippen molar-refractivity contribution >= 4 is 5.96 Å². The zero-order chi connectivity index (χ0) is 19.2. The minimum Gasteiger partial charge on any atom is -0.490 e. The lowest BCUT2D eigenvalue weighted by atomic mass is 10.1. The number of rotatable bonds is 12. The third-order valence-corrected chi connectivity index (χ3v) is 3.85. The molecule has 0 aliphatic carbocycles. The first-order chi connectivity index (χ1) is 12.6. The smallest absolute Gasteiger partial charge is 0.191 e. The molecule has 6 nitrogen and oxygen atoms in total. The predicted molar refractivity (Wildman–Crippen MR) is 107 cm³/mol. The second kappa shape index (κ2) is 13.4. The lowest BCUT2D eigenvalue weighted by Gasteiger charge is -2.17. The van der Waals surface area contributed by atoms with Crippen LogP contribution in [0.5, 0.6) is 5.75 Å². The summed E-state index contributed by atoms with van der Waals surface area (Å²) in [6, 6.07) is 6.27. The number of aryl methyl sites for hydroxylation is 1. The van der Waals surface area contributed by atoms with Crippen LogP contribution in [-0.2, 0) is 16.0 Å². The number of nitrogens with zero attached hydrogens (tertiary/aromatic N) is 1. The zero-order valence-electron chi connectivity index (χ0n) is 16.9. The molecule has 0 fully saturated rings. The Kier molecular flexibility index (Phi) is 11.5. The normalized spacial score (nSPS) is 12.7. The van der Waals surface area contributed by atoms with Crippen molar-refractivity contribution in [3.8, 4) is 5.75 Å². The highest BCUT2D eigenvalue weighted by Crippen LogP contribution is 2.23. The Morgan fingerprint density at radius 3 is 2.65 bits per heavy atom. The van der Waals surface area contributed by atoms with Gasteiger partial charge in [0.1, 0.15) is 5.75 Å². The van der Waals surface area contributed by atoms with Gasteiger partial charge >= 0.3 is 0 Å². The van der Waals surface area contributed by atoms with Gasteiger partial charge in [-0.25, -0.2) is 4.99 Å². The fourth-order valence-corrected chi connectivity index (χ4v) is 2.19. The molecule has 0 aromatic heterocycles. The van der Waals surface area contributed by atoms with Gasteiger partial charge in [-0.2, -0.15) is 0 Å². The first-order valence-electron chi connectivity index (χ1n) is 9.45. The van der Waals surface area contributed by atoms with E-state index in [0.29, 0.717) is 32.9 Å². The van der Waals surface area contributed by atoms with E-state index < -0.39 is 0 Å². The average Bonchev–Trinajstić information content (AvgIpc) is 2.63. The summed E-state index contributed by atoms with van der Waals surface area (Å²) in [6.07, 6.45) is 1.17. The number of hydrogen-bond acceptors (Lipinski definition) is 4. The maximum absolute atomic E-state index is 6.06. The molecule has 0 saturated carbocycles. The van der Waals surface area contributed by atoms with Gasteiger partial charge in [-0.3, -0.25) is 0 Å². The molecule has 0 aliphatic rings. The van der Waals surface area contributed by atoms with E-state index in [1.807, 2.05) is 0 Å². The van der Waals surface area contributed by atoms with Gasteiger partial charge in [0.2, 0.25) is 0 Å². The first-order valence-corrected chi connectivity index (χ1v) is 9.45. The highest BCUT2D eigenvalue weighted by atomic mass is 16.5. The summed E-state index contributed by atoms with van der Waals surface area (Å²) in [4.78, 5) is 4.68. The summed E-state index contributed by atoms with van der Waals surface area (Å²) in [6.45, 7) is 12.2. The van der Waals surface area contributed by atoms with Crippen molar-refractivity contribution < 1.29 is 14.2 Å². The molecule has 148 valence electrons. The van der Waals surface area contributed by atoms with Crippen LogP contribution in [0.25, 0.3) is 0 Å². The van der Waals surface area contributed by atoms with E-state index in [2.05, 4.69) is 61.5 Å². The van der Waals surface area contributed by atoms with Crippen molar-refractivity contribution in [2.24, 2.45) is 4.99 Å². The van der Waals surface area contributed by atoms with Gasteiger partial charge in [-0.15, -0.1) is 0 Å². The predicted octanol–water partition coefficient (Wildman–Crippen LogP) is 2.89. The van der Waals surface area contributed by atoms with Crippen LogP contribution in [0.2, 0.25) is 0 Å². The quantitative estimate of drug-likeness (QED) is 0.339. The van der Waals surface area contributed by atoms with Gasteiger partial charge < -0.3 is 24.8 Å². The highest BCUT2D eigenvalue weighted by molar-refractivity contribution is 5.79. The molecule has 0 radical (unpaired) electrons. The molecule has 26 heavy (non-hydrogen) atoms. The number of methoxy groups -OCH3 is 1. The molecule has 1 unspecified atom stereocenters. The minimum absolute atomic E-state index is 0.190. The first kappa shape index (κ1) is 22.3. The number of nitrogens with one attached hydrogen (secondary N) is 2. The Hall–Kier alpha value is -1.79. The second-order valence-corrected chi connectivity index (χ2v) is 6.18. The van der Waals surface area contributed by atoms with E-state index in [-0.39, 0.29) is 6.10 Å². The SMILES string of the molecule is CCNC(=NCc1ccc(C)cc1OC(C)CC)NCCOCCOC. The lowest BCUT2D eigenvalue weighted by Crippen LogP contribution is -2.39. The van der Waals surface area contributed by atoms with Crippen molar-refractivity contribution in [1.29, 1.82) is 0 Å². The van der Waals surface area contributed by atoms with Crippen molar-refractivity contribution in [3.63, 3.8) is 0 Å². The van der Waals surface area contributed by atoms with Crippen LogP contribution >= 0.6 is 0 Å². The number of ether oxygens (including phenoxy) is 3. The van der Waals surface area contributed by atoms with E-state index in [0.717, 1.165) is 30.2 Å². The van der Waals surface area contributed by atoms with Crippen molar-refractivity contribution in [1.82, 2.24) is 10.6 Å². The lowest BCUT2D eigenvalue weighted by molar-refractivity contribution is 0.0733. The summed E-state index contributed by atoms with van der Waals surface area (Å²) in [5.74, 6) is 1.69. The van der Waals surface area contributed by atoms with Gasteiger partial charge in [-0.05, 0) is 38.8 Å². The Morgan fingerprint density at radius 2 is 1.96 bits per heavy atom. The number of guanidine groups is 1. The Bertz CT molecular complexity index is 535. The van der Waals surface area contributed by atoms with Gasteiger partial charge in [0.15, 0.2) is 5.96 Å². The average molecular weight is 366 g/mol. The minimum atomic E-state index is 0.190. The molecule has 0 bridgehead atoms. The summed E-state index contributed by atoms with van der Waals surface area (Å²) >= 11 is 0. The van der Waals surface area contributed by atoms with E-state index in [1.54, 1.807) is 7.11 Å². The maximum Gasteiger partial charge on any atom is 0.191 e. The monoisotopic (exact) mass is 365 g/mol. The number of benzene rings is 1. The molecule has 6 heteroatoms. The van der Waals surface area contributed by atoms with Crippen molar-refractivity contribution in [2.45, 2.75) is 46.8 Å². The summed E-state index contributed by atoms with van der Waals surface area (Å²) in [5, 5.41) is 6.54. The van der Waals surface area contributed by atoms with Crippen LogP contribution in [0.4, 0.5) is 0 Å². The summed E-state index contributed by atoms with van der Waals surface area (Å²) in [7, 11) is 1.67. The van der Waals surface area contributed by atoms with Crippen LogP contribution in [0.15, 0.2) is 23.2 Å². The molecule has 1 aromatic rings. The third-order valence-electron chi connectivity index (χ3n) is 3.85. The molecule has 0 heterocycles. The summed E-state index contributed by atoms with van der Waals surface area (Å²) in [5.41, 5.74) is 2.28. The van der Waals surface area contributed by atoms with Crippen molar-refractivity contribution in [3.05, 3.63) is 29.3 Å². The van der Waals surface area contributed by atoms with Gasteiger partial charge in [0.05, 0.1) is 32.5 Å². The molecule has 0 aliphatic heterocycles. The third kappa shape index (κ3) is 9.06. The highest BCUT2D eigenvalue weighted by Gasteiger charge is 2.08. The molecular formula is C20H35N3O3. The van der Waals surface area contributed by atoms with Crippen LogP contribution in [-0.4, -0.2) is 52.1 Å². The van der Waals surface area contributed by atoms with Crippen molar-refractivity contribution in [2.75, 3.05) is 40.0 Å². The molecule has 1 aromatic carbocycles. The number of aliphatic imine (C=N–C) groups is 1. The van der Waals surface area contributed by atoms with E-state index >= 15 is 0 Å². The largest absolute Gasteiger partial charge is 0.490 e. The Balaban J connectivity index is 2.64. The molecule has 1 atom stereocenters. The molecule has 0 amide bonds. The molecular weight excluding hydrogens is 330 g/mol. The topological polar surface area (TPSA) is 64.1 Å². The fraction of sp³-hybridized carbons (Fsp3) is 0.650. The van der Waals surface area contributed by atoms with Gasteiger partial charge in [-0.1, -0.05) is 19.1 Å². The fourth-order valence-electron chi connectivity index (χ4n) is 2.19. The Morgan fingerprint density at radius 1 is 1.15 bits per heavy atom. The molecule has 0 saturated heterocycles. The molecule has 2 N–H and O–H groups in total. The van der Waals surface area contributed by atoms with Crippen LogP contribution < -0.4 is 15.4 Å². The standard InChI is InChI=1S/C20H35N3O3/c1-6-17(4)26-19-14-16(3)8-9-18(19)15-23-20(21-7-2)22-10-11-25-13-12-24-5/h8-9,14,17H,6-7,10-13,15H2,1-5H3,(H2,21,22,23). The molecule has 0 spiro atoms. The summed E-state index contributed by atoms with van der Waals surface area (Å²) < 4.78 is 16.5. The van der Waals surface area contributed by atoms with Gasteiger partial charge in [0, 0.05) is 25.8 Å². The van der Waals surface area contributed by atoms with Gasteiger partial charge in [0.25, 0.3) is 0 Å². The van der Waals surface area contributed by atoms with Crippen LogP contribution in [0.3, 0.4) is 0 Å². The van der Waals surface area contributed by atoms with E-state index in [9.17, 15) is 0 Å². The van der Waals surface area contributed by atoms with Crippen LogP contribution in [0, 0.1) is 6.92 Å². The Labute approximate surface area is 158 Å². The number of hydrogen-bond donors (Lipinski definition) is 2. The maximum atomic E-state index is 6.06. The van der Waals surface area contributed by atoms with E-state index in [1.165, 1.54) is 5.56 Å². The zero-order valence-corrected chi connectivity index (χ0v) is 16.9. The van der Waals surface area contributed by atoms with E-state index in [4.69, 9.17) is 14.2 Å². The second-order valence-electron chi connectivity index (χ2n) is 6.18. The molecule has 1 rings (SSSR count). The van der Waals surface area contributed by atoms with Crippen LogP contribution in [0.1, 0.15) is 38.3 Å².